The van der Waals surface area contributed by atoms with Crippen molar-refractivity contribution in [2.75, 3.05) is 6.61 Å². The molecule has 1 aromatic rings. The van der Waals surface area contributed by atoms with Crippen LogP contribution in [-0.2, 0) is 11.2 Å². The van der Waals surface area contributed by atoms with Crippen LogP contribution in [-0.4, -0.2) is 28.9 Å². The van der Waals surface area contributed by atoms with Gasteiger partial charge in [-0.3, -0.25) is 4.79 Å². The highest BCUT2D eigenvalue weighted by atomic mass is 32.1. The molecule has 0 radical (unpaired) electrons. The smallest absolute Gasteiger partial charge is 0.233 e. The highest BCUT2D eigenvalue weighted by Crippen LogP contribution is 2.09. The molecule has 1 rings (SSSR count). The predicted molar refractivity (Wildman–Crippen MR) is 76.8 cm³/mol. The lowest BCUT2D eigenvalue weighted by Crippen LogP contribution is -2.40. The highest BCUT2D eigenvalue weighted by molar-refractivity contribution is 7.81. The fourth-order valence-corrected chi connectivity index (χ4v) is 2.05. The molecule has 0 saturated heterocycles. The summed E-state index contributed by atoms with van der Waals surface area (Å²) in [5.74, 6) is -0.0671. The van der Waals surface area contributed by atoms with Gasteiger partial charge in [-0.15, -0.1) is 0 Å². The third-order valence-electron chi connectivity index (χ3n) is 2.89. The molecule has 4 heteroatoms. The van der Waals surface area contributed by atoms with Crippen LogP contribution in [0.3, 0.4) is 0 Å². The Balaban J connectivity index is 2.46. The van der Waals surface area contributed by atoms with Crippen LogP contribution in [0.4, 0.5) is 0 Å². The topological polar surface area (TPSA) is 49.3 Å². The van der Waals surface area contributed by atoms with Crippen molar-refractivity contribution in [1.82, 2.24) is 5.32 Å². The van der Waals surface area contributed by atoms with Crippen LogP contribution >= 0.6 is 12.6 Å². The molecule has 2 atom stereocenters. The van der Waals surface area contributed by atoms with E-state index in [2.05, 4.69) is 17.9 Å². The van der Waals surface area contributed by atoms with Gasteiger partial charge in [-0.05, 0) is 24.8 Å². The first-order valence-electron chi connectivity index (χ1n) is 6.30. The van der Waals surface area contributed by atoms with E-state index in [1.165, 1.54) is 0 Å². The number of benzene rings is 1. The maximum atomic E-state index is 11.9. The third-order valence-corrected chi connectivity index (χ3v) is 3.31. The lowest BCUT2D eigenvalue weighted by atomic mass is 10.1. The zero-order valence-electron chi connectivity index (χ0n) is 10.7. The number of carbonyl (C=O) groups excluding carboxylic acids is 1. The molecular formula is C14H21NO2S. The van der Waals surface area contributed by atoms with Crippen LogP contribution in [0.5, 0.6) is 0 Å². The van der Waals surface area contributed by atoms with Crippen molar-refractivity contribution in [1.29, 1.82) is 0 Å². The quantitative estimate of drug-likeness (QED) is 0.660. The minimum atomic E-state index is -0.347. The fraction of sp³-hybridized carbons (Fsp3) is 0.500. The van der Waals surface area contributed by atoms with E-state index < -0.39 is 0 Å². The molecule has 2 unspecified atom stereocenters. The number of aliphatic hydroxyl groups is 1. The SMILES string of the molecule is CCC(CCO)NC(=O)C(S)Cc1ccccc1. The standard InChI is InChI=1S/C14H21NO2S/c1-2-12(8-9-16)15-14(17)13(18)10-11-6-4-3-5-7-11/h3-7,12-13,16,18H,2,8-10H2,1H3,(H,15,17). The number of nitrogens with one attached hydrogen (secondary N) is 1. The van der Waals surface area contributed by atoms with Gasteiger partial charge in [-0.25, -0.2) is 0 Å². The Morgan fingerprint density at radius 3 is 2.61 bits per heavy atom. The van der Waals surface area contributed by atoms with E-state index in [-0.39, 0.29) is 23.8 Å². The molecule has 0 saturated carbocycles. The molecular weight excluding hydrogens is 246 g/mol. The number of thiol groups is 1. The first-order valence-corrected chi connectivity index (χ1v) is 6.82. The average Bonchev–Trinajstić information content (AvgIpc) is 2.39. The summed E-state index contributed by atoms with van der Waals surface area (Å²) in [5.41, 5.74) is 1.10. The minimum Gasteiger partial charge on any atom is -0.396 e. The minimum absolute atomic E-state index is 0.0351. The molecule has 18 heavy (non-hydrogen) atoms. The highest BCUT2D eigenvalue weighted by Gasteiger charge is 2.17. The number of rotatable bonds is 7. The van der Waals surface area contributed by atoms with Gasteiger partial charge in [0.25, 0.3) is 0 Å². The first-order chi connectivity index (χ1) is 8.67. The largest absolute Gasteiger partial charge is 0.396 e. The van der Waals surface area contributed by atoms with Gasteiger partial charge >= 0.3 is 0 Å². The van der Waals surface area contributed by atoms with Crippen LogP contribution in [0.2, 0.25) is 0 Å². The Labute approximate surface area is 114 Å². The fourth-order valence-electron chi connectivity index (χ4n) is 1.76. The van der Waals surface area contributed by atoms with E-state index in [9.17, 15) is 4.79 Å². The zero-order chi connectivity index (χ0) is 13.4. The maximum Gasteiger partial charge on any atom is 0.233 e. The van der Waals surface area contributed by atoms with Gasteiger partial charge < -0.3 is 10.4 Å². The zero-order valence-corrected chi connectivity index (χ0v) is 11.6. The predicted octanol–water partition coefficient (Wildman–Crippen LogP) is 1.80. The summed E-state index contributed by atoms with van der Waals surface area (Å²) in [6.45, 7) is 2.08. The lowest BCUT2D eigenvalue weighted by Gasteiger charge is -2.18. The molecule has 0 aliphatic carbocycles. The Kier molecular flexibility index (Phi) is 6.83. The van der Waals surface area contributed by atoms with Crippen LogP contribution in [0.1, 0.15) is 25.3 Å². The Bertz CT molecular complexity index is 356. The summed E-state index contributed by atoms with van der Waals surface area (Å²) in [7, 11) is 0. The second-order valence-corrected chi connectivity index (χ2v) is 4.95. The maximum absolute atomic E-state index is 11.9. The van der Waals surface area contributed by atoms with Gasteiger partial charge in [0.05, 0.1) is 5.25 Å². The van der Waals surface area contributed by atoms with Gasteiger partial charge in [0.2, 0.25) is 5.91 Å². The van der Waals surface area contributed by atoms with Gasteiger partial charge in [-0.1, -0.05) is 37.3 Å². The van der Waals surface area contributed by atoms with E-state index in [1.54, 1.807) is 0 Å². The molecule has 0 aliphatic rings. The monoisotopic (exact) mass is 267 g/mol. The number of carbonyl (C=O) groups is 1. The third kappa shape index (κ3) is 5.10. The summed E-state index contributed by atoms with van der Waals surface area (Å²) in [5, 5.41) is 11.4. The number of hydrogen-bond donors (Lipinski definition) is 3. The van der Waals surface area contributed by atoms with Gasteiger partial charge in [-0.2, -0.15) is 12.6 Å². The van der Waals surface area contributed by atoms with Crippen LogP contribution in [0, 0.1) is 0 Å². The van der Waals surface area contributed by atoms with Crippen molar-refractivity contribution in [2.24, 2.45) is 0 Å². The molecule has 0 aromatic heterocycles. The molecule has 0 bridgehead atoms. The first kappa shape index (κ1) is 15.1. The van der Waals surface area contributed by atoms with Crippen molar-refractivity contribution >= 4 is 18.5 Å². The van der Waals surface area contributed by atoms with E-state index in [4.69, 9.17) is 5.11 Å². The van der Waals surface area contributed by atoms with Crippen molar-refractivity contribution in [2.45, 2.75) is 37.5 Å². The number of aliphatic hydroxyl groups excluding tert-OH is 1. The van der Waals surface area contributed by atoms with Gasteiger partial charge in [0.1, 0.15) is 0 Å². The van der Waals surface area contributed by atoms with Crippen LogP contribution in [0.15, 0.2) is 30.3 Å². The molecule has 0 fully saturated rings. The summed E-state index contributed by atoms with van der Waals surface area (Å²) in [6.07, 6.45) is 2.03. The van der Waals surface area contributed by atoms with Crippen molar-refractivity contribution < 1.29 is 9.90 Å². The Morgan fingerprint density at radius 1 is 1.39 bits per heavy atom. The van der Waals surface area contributed by atoms with Gasteiger partial charge in [0.15, 0.2) is 0 Å². The van der Waals surface area contributed by atoms with Crippen molar-refractivity contribution in [3.63, 3.8) is 0 Å². The van der Waals surface area contributed by atoms with Gasteiger partial charge in [0, 0.05) is 12.6 Å². The Morgan fingerprint density at radius 2 is 2.06 bits per heavy atom. The van der Waals surface area contributed by atoms with E-state index in [0.717, 1.165) is 12.0 Å². The van der Waals surface area contributed by atoms with E-state index in [1.807, 2.05) is 37.3 Å². The second kappa shape index (κ2) is 8.16. The Hall–Kier alpha value is -1.00. The molecule has 1 amide bonds. The lowest BCUT2D eigenvalue weighted by molar-refractivity contribution is -0.121. The summed E-state index contributed by atoms with van der Waals surface area (Å²) in [6, 6.07) is 9.87. The average molecular weight is 267 g/mol. The summed E-state index contributed by atoms with van der Waals surface area (Å²) < 4.78 is 0. The molecule has 0 spiro atoms. The normalized spacial score (nSPS) is 13.9. The molecule has 2 N–H and O–H groups in total. The van der Waals surface area contributed by atoms with Crippen LogP contribution < -0.4 is 5.32 Å². The number of amides is 1. The molecule has 0 heterocycles. The van der Waals surface area contributed by atoms with Crippen LogP contribution in [0.25, 0.3) is 0 Å². The van der Waals surface area contributed by atoms with E-state index >= 15 is 0 Å². The summed E-state index contributed by atoms with van der Waals surface area (Å²) >= 11 is 4.34. The van der Waals surface area contributed by atoms with E-state index in [0.29, 0.717) is 12.8 Å². The second-order valence-electron chi connectivity index (χ2n) is 4.33. The molecule has 100 valence electrons. The van der Waals surface area contributed by atoms with Crippen molar-refractivity contribution in [3.05, 3.63) is 35.9 Å². The summed E-state index contributed by atoms with van der Waals surface area (Å²) in [4.78, 5) is 11.9. The molecule has 3 nitrogen and oxygen atoms in total. The molecule has 1 aromatic carbocycles. The number of hydrogen-bond acceptors (Lipinski definition) is 3. The van der Waals surface area contributed by atoms with Crippen molar-refractivity contribution in [3.8, 4) is 0 Å². The molecule has 0 aliphatic heterocycles.